The number of pyridine rings is 1. The molecule has 1 aliphatic heterocycles. The fourth-order valence-electron chi connectivity index (χ4n) is 6.40. The molecule has 0 radical (unpaired) electrons. The minimum absolute atomic E-state index is 0.390. The summed E-state index contributed by atoms with van der Waals surface area (Å²) in [6, 6.07) is 37.1. The highest BCUT2D eigenvalue weighted by molar-refractivity contribution is 6.31. The summed E-state index contributed by atoms with van der Waals surface area (Å²) in [4.78, 5) is 7.34. The number of rotatable bonds is 9. The van der Waals surface area contributed by atoms with Gasteiger partial charge in [-0.05, 0) is 66.1 Å². The van der Waals surface area contributed by atoms with Crippen LogP contribution in [0, 0.1) is 6.92 Å². The third-order valence-corrected chi connectivity index (χ3v) is 9.29. The molecule has 46 heavy (non-hydrogen) atoms. The zero-order valence-electron chi connectivity index (χ0n) is 26.2. The van der Waals surface area contributed by atoms with Crippen LogP contribution in [0.1, 0.15) is 41.0 Å². The first-order chi connectivity index (χ1) is 22.5. The predicted molar refractivity (Wildman–Crippen MR) is 186 cm³/mol. The largest absolute Gasteiger partial charge is 0.473 e. The van der Waals surface area contributed by atoms with Crippen molar-refractivity contribution in [1.29, 1.82) is 0 Å². The van der Waals surface area contributed by atoms with Gasteiger partial charge in [0.25, 0.3) is 0 Å². The summed E-state index contributed by atoms with van der Waals surface area (Å²) in [7, 11) is 2.02. The van der Waals surface area contributed by atoms with Gasteiger partial charge >= 0.3 is 0 Å². The van der Waals surface area contributed by atoms with Crippen LogP contribution in [0.15, 0.2) is 109 Å². The van der Waals surface area contributed by atoms with Crippen molar-refractivity contribution >= 4 is 28.2 Å². The number of aryl methyl sites for hydroxylation is 2. The maximum absolute atomic E-state index is 6.39. The number of nitrogens with zero attached hydrogens (tertiary/aromatic N) is 4. The molecule has 0 amide bonds. The molecule has 7 heteroatoms. The van der Waals surface area contributed by atoms with Crippen LogP contribution in [0.25, 0.3) is 22.2 Å². The Morgan fingerprint density at radius 3 is 2.17 bits per heavy atom. The lowest BCUT2D eigenvalue weighted by molar-refractivity contribution is 0.268. The summed E-state index contributed by atoms with van der Waals surface area (Å²) >= 11 is 6.31. The number of para-hydroxylation sites is 1. The van der Waals surface area contributed by atoms with Gasteiger partial charge in [-0.3, -0.25) is 4.68 Å². The Labute approximate surface area is 275 Å². The first-order valence-corrected chi connectivity index (χ1v) is 16.2. The highest BCUT2D eigenvalue weighted by Gasteiger charge is 2.25. The van der Waals surface area contributed by atoms with Crippen LogP contribution in [-0.2, 0) is 20.3 Å². The number of halogens is 1. The Morgan fingerprint density at radius 2 is 1.48 bits per heavy atom. The van der Waals surface area contributed by atoms with Crippen molar-refractivity contribution in [3.8, 4) is 23.0 Å². The zero-order valence-corrected chi connectivity index (χ0v) is 27.0. The van der Waals surface area contributed by atoms with E-state index in [2.05, 4.69) is 54.3 Å². The van der Waals surface area contributed by atoms with Gasteiger partial charge in [0, 0.05) is 36.6 Å². The van der Waals surface area contributed by atoms with Crippen molar-refractivity contribution in [2.45, 2.75) is 38.9 Å². The fraction of sp³-hybridized carbons (Fsp3) is 0.231. The van der Waals surface area contributed by atoms with Gasteiger partial charge in [-0.1, -0.05) is 96.5 Å². The summed E-state index contributed by atoms with van der Waals surface area (Å²) in [6.07, 6.45) is 2.18. The van der Waals surface area contributed by atoms with E-state index < -0.39 is 0 Å². The second-order valence-corrected chi connectivity index (χ2v) is 12.4. The summed E-state index contributed by atoms with van der Waals surface area (Å²) in [5.74, 6) is 1.54. The van der Waals surface area contributed by atoms with Crippen LogP contribution < -0.4 is 14.4 Å². The average Bonchev–Trinajstić information content (AvgIpc) is 3.44. The molecule has 232 valence electrons. The maximum atomic E-state index is 6.39. The quantitative estimate of drug-likeness (QED) is 0.160. The molecule has 6 aromatic rings. The predicted octanol–water partition coefficient (Wildman–Crippen LogP) is 9.14. The van der Waals surface area contributed by atoms with Crippen LogP contribution in [0.4, 0.5) is 5.69 Å². The number of hydrogen-bond donors (Lipinski definition) is 0. The van der Waals surface area contributed by atoms with E-state index >= 15 is 0 Å². The molecule has 3 heterocycles. The molecule has 1 fully saturated rings. The number of ether oxygens (including phenoxy) is 2. The van der Waals surface area contributed by atoms with Gasteiger partial charge in [0.2, 0.25) is 11.8 Å². The Hall–Kier alpha value is -4.81. The summed E-state index contributed by atoms with van der Waals surface area (Å²) in [5, 5.41) is 6.95. The lowest BCUT2D eigenvalue weighted by Crippen LogP contribution is -2.33. The van der Waals surface area contributed by atoms with Crippen LogP contribution in [0.2, 0.25) is 5.02 Å². The van der Waals surface area contributed by atoms with Gasteiger partial charge in [-0.15, -0.1) is 0 Å². The molecule has 0 N–H and O–H groups in total. The van der Waals surface area contributed by atoms with E-state index in [1.807, 2.05) is 78.5 Å². The molecule has 0 aliphatic carbocycles. The van der Waals surface area contributed by atoms with Crippen molar-refractivity contribution in [1.82, 2.24) is 14.8 Å². The normalized spacial score (nSPS) is 13.7. The van der Waals surface area contributed by atoms with Gasteiger partial charge in [-0.25, -0.2) is 0 Å². The molecule has 0 bridgehead atoms. The van der Waals surface area contributed by atoms with Gasteiger partial charge in [0.1, 0.15) is 18.9 Å². The topological polar surface area (TPSA) is 52.4 Å². The van der Waals surface area contributed by atoms with E-state index in [0.717, 1.165) is 69.8 Å². The minimum atomic E-state index is 0.390. The molecular weight excluding hydrogens is 592 g/mol. The van der Waals surface area contributed by atoms with Crippen molar-refractivity contribution in [3.05, 3.63) is 136 Å². The lowest BCUT2D eigenvalue weighted by Gasteiger charge is -2.34. The maximum Gasteiger partial charge on any atom is 0.226 e. The SMILES string of the molecule is Cc1cc(C2CCN(c3cccc4c(-c5ccc(OCc6ccccc6)nc5OCc5ccccc5)nn(C)c34)CC2)ccc1Cl. The second kappa shape index (κ2) is 13.3. The van der Waals surface area contributed by atoms with E-state index in [1.54, 1.807) is 0 Å². The molecule has 0 saturated carbocycles. The van der Waals surface area contributed by atoms with E-state index in [-0.39, 0.29) is 0 Å². The van der Waals surface area contributed by atoms with Crippen LogP contribution in [-0.4, -0.2) is 27.9 Å². The molecule has 1 saturated heterocycles. The number of piperidine rings is 1. The van der Waals surface area contributed by atoms with Crippen LogP contribution in [0.5, 0.6) is 11.8 Å². The van der Waals surface area contributed by atoms with Crippen LogP contribution >= 0.6 is 11.6 Å². The third kappa shape index (κ3) is 6.31. The smallest absolute Gasteiger partial charge is 0.226 e. The highest BCUT2D eigenvalue weighted by atomic mass is 35.5. The number of benzene rings is 4. The van der Waals surface area contributed by atoms with Gasteiger partial charge < -0.3 is 14.4 Å². The first kappa shape index (κ1) is 29.9. The zero-order chi connectivity index (χ0) is 31.5. The number of anilines is 1. The van der Waals surface area contributed by atoms with Crippen molar-refractivity contribution in [2.75, 3.05) is 18.0 Å². The standard InChI is InChI=1S/C39H37ClN4O2/c1-27-24-31(16-18-34(27)40)30-20-22-44(23-21-30)35-15-9-14-32-37(42-43(2)38(32)35)33-17-19-36(45-25-28-10-5-3-6-11-28)41-39(33)46-26-29-12-7-4-8-13-29/h3-19,24,30H,20-23,25-26H2,1-2H3. The third-order valence-electron chi connectivity index (χ3n) is 8.87. The van der Waals surface area contributed by atoms with Gasteiger partial charge in [0.05, 0.1) is 16.8 Å². The Balaban J connectivity index is 1.18. The lowest BCUT2D eigenvalue weighted by atomic mass is 9.88. The van der Waals surface area contributed by atoms with E-state index in [4.69, 9.17) is 31.2 Å². The Bertz CT molecular complexity index is 1950. The number of aromatic nitrogens is 3. The van der Waals surface area contributed by atoms with Crippen molar-refractivity contribution in [3.63, 3.8) is 0 Å². The van der Waals surface area contributed by atoms with Gasteiger partial charge in [-0.2, -0.15) is 10.1 Å². The van der Waals surface area contributed by atoms with Crippen molar-refractivity contribution < 1.29 is 9.47 Å². The number of hydrogen-bond acceptors (Lipinski definition) is 5. The summed E-state index contributed by atoms with van der Waals surface area (Å²) in [6.45, 7) is 4.86. The Kier molecular flexibility index (Phi) is 8.62. The summed E-state index contributed by atoms with van der Waals surface area (Å²) < 4.78 is 14.5. The molecule has 1 aliphatic rings. The highest BCUT2D eigenvalue weighted by Crippen LogP contribution is 2.40. The second-order valence-electron chi connectivity index (χ2n) is 12.0. The first-order valence-electron chi connectivity index (χ1n) is 15.8. The fourth-order valence-corrected chi connectivity index (χ4v) is 6.52. The minimum Gasteiger partial charge on any atom is -0.473 e. The molecule has 4 aromatic carbocycles. The molecule has 7 rings (SSSR count). The molecule has 0 spiro atoms. The van der Waals surface area contributed by atoms with Crippen LogP contribution in [0.3, 0.4) is 0 Å². The molecule has 0 unspecified atom stereocenters. The van der Waals surface area contributed by atoms with E-state index in [0.29, 0.717) is 30.9 Å². The van der Waals surface area contributed by atoms with E-state index in [9.17, 15) is 0 Å². The monoisotopic (exact) mass is 628 g/mol. The Morgan fingerprint density at radius 1 is 0.783 bits per heavy atom. The molecule has 6 nitrogen and oxygen atoms in total. The average molecular weight is 629 g/mol. The number of fused-ring (bicyclic) bond motifs is 1. The van der Waals surface area contributed by atoms with E-state index in [1.165, 1.54) is 11.3 Å². The van der Waals surface area contributed by atoms with Crippen molar-refractivity contribution in [2.24, 2.45) is 7.05 Å². The van der Waals surface area contributed by atoms with Gasteiger partial charge in [0.15, 0.2) is 0 Å². The summed E-state index contributed by atoms with van der Waals surface area (Å²) in [5.41, 5.74) is 8.66. The molecule has 0 atom stereocenters. The molecule has 2 aromatic heterocycles. The molecular formula is C39H37ClN4O2.